The molecule has 1 atom stereocenters. The van der Waals surface area contributed by atoms with Crippen LogP contribution in [-0.4, -0.2) is 23.1 Å². The summed E-state index contributed by atoms with van der Waals surface area (Å²) in [5.41, 5.74) is 0. The van der Waals surface area contributed by atoms with E-state index < -0.39 is 0 Å². The number of hydrogen-bond donors (Lipinski definition) is 1. The molecular formula is C9H15N3. The fraction of sp³-hybridized carbons (Fsp3) is 0.556. The highest BCUT2D eigenvalue weighted by Gasteiger charge is 2.04. The van der Waals surface area contributed by atoms with Gasteiger partial charge in [-0.05, 0) is 19.5 Å². The Morgan fingerprint density at radius 2 is 2.08 bits per heavy atom. The molecule has 3 heteroatoms. The molecule has 1 aromatic rings. The Bertz CT molecular complexity index is 206. The molecule has 0 saturated heterocycles. The summed E-state index contributed by atoms with van der Waals surface area (Å²) in [5, 5.41) is 3.22. The van der Waals surface area contributed by atoms with E-state index in [-0.39, 0.29) is 0 Å². The molecule has 1 unspecified atom stereocenters. The van der Waals surface area contributed by atoms with Gasteiger partial charge in [0.15, 0.2) is 0 Å². The van der Waals surface area contributed by atoms with Gasteiger partial charge >= 0.3 is 0 Å². The third-order valence-corrected chi connectivity index (χ3v) is 1.95. The van der Waals surface area contributed by atoms with Crippen LogP contribution in [-0.2, 0) is 6.42 Å². The zero-order chi connectivity index (χ0) is 8.81. The lowest BCUT2D eigenvalue weighted by Crippen LogP contribution is -2.27. The fourth-order valence-electron chi connectivity index (χ4n) is 1.11. The van der Waals surface area contributed by atoms with Gasteiger partial charge < -0.3 is 5.32 Å². The van der Waals surface area contributed by atoms with Crippen molar-refractivity contribution in [3.63, 3.8) is 0 Å². The maximum Gasteiger partial charge on any atom is 0.129 e. The molecule has 1 aromatic heterocycles. The van der Waals surface area contributed by atoms with E-state index in [1.807, 2.05) is 13.1 Å². The van der Waals surface area contributed by atoms with Gasteiger partial charge in [-0.25, -0.2) is 9.97 Å². The van der Waals surface area contributed by atoms with Crippen LogP contribution in [0.15, 0.2) is 18.5 Å². The minimum atomic E-state index is 0.493. The van der Waals surface area contributed by atoms with Crippen molar-refractivity contribution in [2.45, 2.75) is 25.8 Å². The molecule has 1 heterocycles. The molecule has 0 radical (unpaired) electrons. The van der Waals surface area contributed by atoms with Crippen molar-refractivity contribution in [1.82, 2.24) is 15.3 Å². The minimum Gasteiger partial charge on any atom is -0.317 e. The van der Waals surface area contributed by atoms with Crippen molar-refractivity contribution >= 4 is 0 Å². The van der Waals surface area contributed by atoms with Crippen LogP contribution in [0.25, 0.3) is 0 Å². The number of rotatable bonds is 4. The lowest BCUT2D eigenvalue weighted by Gasteiger charge is -2.11. The number of likely N-dealkylation sites (N-methyl/N-ethyl adjacent to an activating group) is 1. The average molecular weight is 165 g/mol. The molecule has 0 aromatic carbocycles. The maximum atomic E-state index is 4.16. The zero-order valence-electron chi connectivity index (χ0n) is 7.62. The summed E-state index contributed by atoms with van der Waals surface area (Å²) in [5.74, 6) is 0.915. The first-order chi connectivity index (χ1) is 5.86. The number of nitrogens with one attached hydrogen (secondary N) is 1. The van der Waals surface area contributed by atoms with Gasteiger partial charge in [0.1, 0.15) is 5.82 Å². The molecule has 0 aliphatic rings. The van der Waals surface area contributed by atoms with Gasteiger partial charge in [-0.15, -0.1) is 0 Å². The molecule has 3 nitrogen and oxygen atoms in total. The minimum absolute atomic E-state index is 0.493. The van der Waals surface area contributed by atoms with E-state index >= 15 is 0 Å². The van der Waals surface area contributed by atoms with E-state index in [4.69, 9.17) is 0 Å². The summed E-state index contributed by atoms with van der Waals surface area (Å²) in [4.78, 5) is 8.33. The smallest absolute Gasteiger partial charge is 0.129 e. The van der Waals surface area contributed by atoms with Gasteiger partial charge in [0.25, 0.3) is 0 Å². The van der Waals surface area contributed by atoms with Gasteiger partial charge in [0, 0.05) is 24.9 Å². The van der Waals surface area contributed by atoms with E-state index in [2.05, 4.69) is 22.2 Å². The Labute approximate surface area is 73.2 Å². The molecule has 0 aliphatic heterocycles. The molecule has 1 rings (SSSR count). The monoisotopic (exact) mass is 165 g/mol. The Hall–Kier alpha value is -0.960. The van der Waals surface area contributed by atoms with E-state index in [0.717, 1.165) is 18.7 Å². The standard InChI is InChI=1S/C9H15N3/c1-3-8(10-2)7-9-11-5-4-6-12-9/h4-6,8,10H,3,7H2,1-2H3. The lowest BCUT2D eigenvalue weighted by molar-refractivity contribution is 0.530. The molecule has 0 fully saturated rings. The topological polar surface area (TPSA) is 37.8 Å². The average Bonchev–Trinajstić information content (AvgIpc) is 2.16. The largest absolute Gasteiger partial charge is 0.317 e. The molecule has 0 bridgehead atoms. The first-order valence-electron chi connectivity index (χ1n) is 4.30. The van der Waals surface area contributed by atoms with Crippen LogP contribution in [0.2, 0.25) is 0 Å². The second-order valence-electron chi connectivity index (χ2n) is 2.76. The van der Waals surface area contributed by atoms with Crippen LogP contribution >= 0.6 is 0 Å². The van der Waals surface area contributed by atoms with Gasteiger partial charge in [0.2, 0.25) is 0 Å². The molecular weight excluding hydrogens is 150 g/mol. The van der Waals surface area contributed by atoms with Crippen LogP contribution in [0.1, 0.15) is 19.2 Å². The fourth-order valence-corrected chi connectivity index (χ4v) is 1.11. The summed E-state index contributed by atoms with van der Waals surface area (Å²) in [7, 11) is 1.97. The van der Waals surface area contributed by atoms with E-state index in [1.54, 1.807) is 12.4 Å². The summed E-state index contributed by atoms with van der Waals surface area (Å²) in [6.07, 6.45) is 5.58. The Balaban J connectivity index is 2.51. The van der Waals surface area contributed by atoms with Gasteiger partial charge in [-0.3, -0.25) is 0 Å². The van der Waals surface area contributed by atoms with E-state index in [9.17, 15) is 0 Å². The Kier molecular flexibility index (Phi) is 3.67. The zero-order valence-corrected chi connectivity index (χ0v) is 7.62. The first-order valence-corrected chi connectivity index (χ1v) is 4.30. The van der Waals surface area contributed by atoms with E-state index in [0.29, 0.717) is 6.04 Å². The van der Waals surface area contributed by atoms with Crippen molar-refractivity contribution in [2.24, 2.45) is 0 Å². The van der Waals surface area contributed by atoms with Gasteiger partial charge in [0.05, 0.1) is 0 Å². The quantitative estimate of drug-likeness (QED) is 0.723. The first kappa shape index (κ1) is 9.13. The van der Waals surface area contributed by atoms with Crippen LogP contribution in [0.3, 0.4) is 0 Å². The highest BCUT2D eigenvalue weighted by atomic mass is 14.9. The normalized spacial score (nSPS) is 12.8. The molecule has 66 valence electrons. The van der Waals surface area contributed by atoms with Crippen molar-refractivity contribution < 1.29 is 0 Å². The third kappa shape index (κ3) is 2.58. The molecule has 0 amide bonds. The van der Waals surface area contributed by atoms with Crippen molar-refractivity contribution in [3.05, 3.63) is 24.3 Å². The predicted octanol–water partition coefficient (Wildman–Crippen LogP) is 1.02. The predicted molar refractivity (Wildman–Crippen MR) is 48.9 cm³/mol. The highest BCUT2D eigenvalue weighted by molar-refractivity contribution is 4.91. The third-order valence-electron chi connectivity index (χ3n) is 1.95. The molecule has 0 saturated carbocycles. The van der Waals surface area contributed by atoms with E-state index in [1.165, 1.54) is 0 Å². The molecule has 12 heavy (non-hydrogen) atoms. The summed E-state index contributed by atoms with van der Waals surface area (Å²) >= 11 is 0. The lowest BCUT2D eigenvalue weighted by atomic mass is 10.1. The molecule has 0 spiro atoms. The van der Waals surface area contributed by atoms with Crippen molar-refractivity contribution in [1.29, 1.82) is 0 Å². The second-order valence-corrected chi connectivity index (χ2v) is 2.76. The summed E-state index contributed by atoms with van der Waals surface area (Å²) in [6.45, 7) is 2.16. The van der Waals surface area contributed by atoms with Crippen LogP contribution in [0.4, 0.5) is 0 Å². The maximum absolute atomic E-state index is 4.16. The Morgan fingerprint density at radius 3 is 2.58 bits per heavy atom. The van der Waals surface area contributed by atoms with Crippen LogP contribution in [0, 0.1) is 0 Å². The molecule has 0 aliphatic carbocycles. The van der Waals surface area contributed by atoms with Crippen LogP contribution in [0.5, 0.6) is 0 Å². The van der Waals surface area contributed by atoms with Gasteiger partial charge in [-0.2, -0.15) is 0 Å². The van der Waals surface area contributed by atoms with Crippen molar-refractivity contribution in [2.75, 3.05) is 7.05 Å². The highest BCUT2D eigenvalue weighted by Crippen LogP contribution is 1.98. The number of hydrogen-bond acceptors (Lipinski definition) is 3. The van der Waals surface area contributed by atoms with Crippen LogP contribution < -0.4 is 5.32 Å². The second kappa shape index (κ2) is 4.83. The summed E-state index contributed by atoms with van der Waals surface area (Å²) in [6, 6.07) is 2.33. The van der Waals surface area contributed by atoms with Gasteiger partial charge in [-0.1, -0.05) is 6.92 Å². The number of nitrogens with zero attached hydrogens (tertiary/aromatic N) is 2. The number of aromatic nitrogens is 2. The molecule has 1 N–H and O–H groups in total. The summed E-state index contributed by atoms with van der Waals surface area (Å²) < 4.78 is 0. The Morgan fingerprint density at radius 1 is 1.42 bits per heavy atom. The van der Waals surface area contributed by atoms with Crippen molar-refractivity contribution in [3.8, 4) is 0 Å². The SMILES string of the molecule is CCC(Cc1ncccn1)NC.